The van der Waals surface area contributed by atoms with E-state index in [9.17, 15) is 0 Å². The number of halogens is 1. The zero-order valence-corrected chi connectivity index (χ0v) is 13.5. The Morgan fingerprint density at radius 1 is 1.35 bits per heavy atom. The first kappa shape index (κ1) is 15.8. The Labute approximate surface area is 127 Å². The van der Waals surface area contributed by atoms with E-state index in [2.05, 4.69) is 43.0 Å². The van der Waals surface area contributed by atoms with E-state index in [-0.39, 0.29) is 12.1 Å². The Morgan fingerprint density at radius 3 is 2.55 bits per heavy atom. The highest BCUT2D eigenvalue weighted by Crippen LogP contribution is 2.28. The smallest absolute Gasteiger partial charge is 0.0496 e. The molecule has 0 aromatic heterocycles. The molecule has 0 amide bonds. The quantitative estimate of drug-likeness (QED) is 0.927. The Bertz CT molecular complexity index is 418. The summed E-state index contributed by atoms with van der Waals surface area (Å²) in [5.74, 6) is 0. The molecular weight excluding hydrogens is 270 g/mol. The van der Waals surface area contributed by atoms with E-state index in [0.29, 0.717) is 6.04 Å². The first-order chi connectivity index (χ1) is 9.49. The highest BCUT2D eigenvalue weighted by Gasteiger charge is 2.29. The summed E-state index contributed by atoms with van der Waals surface area (Å²) < 4.78 is 0. The molecule has 2 N–H and O–H groups in total. The third kappa shape index (κ3) is 3.73. The largest absolute Gasteiger partial charge is 0.326 e. The van der Waals surface area contributed by atoms with Gasteiger partial charge in [0.15, 0.2) is 0 Å². The van der Waals surface area contributed by atoms with Crippen LogP contribution >= 0.6 is 11.6 Å². The summed E-state index contributed by atoms with van der Waals surface area (Å²) in [6.07, 6.45) is 2.51. The van der Waals surface area contributed by atoms with Gasteiger partial charge in [0.1, 0.15) is 0 Å². The van der Waals surface area contributed by atoms with Crippen LogP contribution in [0.3, 0.4) is 0 Å². The van der Waals surface area contributed by atoms with E-state index in [1.807, 2.05) is 12.1 Å². The number of benzene rings is 1. The molecule has 0 radical (unpaired) electrons. The second-order valence-corrected chi connectivity index (χ2v) is 6.52. The maximum atomic E-state index is 6.26. The fourth-order valence-corrected chi connectivity index (χ4v) is 3.39. The van der Waals surface area contributed by atoms with Crippen molar-refractivity contribution in [2.45, 2.75) is 37.9 Å². The maximum absolute atomic E-state index is 6.26. The number of rotatable bonds is 4. The van der Waals surface area contributed by atoms with Crippen LogP contribution in [0.2, 0.25) is 5.02 Å². The molecule has 0 saturated carbocycles. The van der Waals surface area contributed by atoms with Crippen LogP contribution < -0.4 is 5.73 Å². The molecule has 1 aliphatic rings. The van der Waals surface area contributed by atoms with Crippen LogP contribution in [0.5, 0.6) is 0 Å². The Kier molecular flexibility index (Phi) is 5.44. The molecule has 3 unspecified atom stereocenters. The van der Waals surface area contributed by atoms with Crippen LogP contribution in [0.15, 0.2) is 24.3 Å². The van der Waals surface area contributed by atoms with Gasteiger partial charge in [-0.15, -0.1) is 0 Å². The van der Waals surface area contributed by atoms with E-state index in [1.54, 1.807) is 0 Å². The molecule has 2 rings (SSSR count). The molecular formula is C16H26ClN3. The Morgan fingerprint density at radius 2 is 2.00 bits per heavy atom. The van der Waals surface area contributed by atoms with Crippen LogP contribution in [0.4, 0.5) is 0 Å². The van der Waals surface area contributed by atoms with Gasteiger partial charge in [-0.1, -0.05) is 23.7 Å². The zero-order valence-electron chi connectivity index (χ0n) is 12.7. The number of likely N-dealkylation sites (tertiary alicyclic amines) is 1. The Hall–Kier alpha value is -0.610. The summed E-state index contributed by atoms with van der Waals surface area (Å²) in [7, 11) is 4.40. The third-order valence-corrected chi connectivity index (χ3v) is 4.58. The predicted octanol–water partition coefficient (Wildman–Crippen LogP) is 2.75. The number of nitrogens with two attached hydrogens (primary N) is 1. The number of hydrogen-bond donors (Lipinski definition) is 1. The van der Waals surface area contributed by atoms with Gasteiger partial charge in [-0.2, -0.15) is 0 Å². The van der Waals surface area contributed by atoms with Crippen molar-refractivity contribution in [1.29, 1.82) is 0 Å². The van der Waals surface area contributed by atoms with Gasteiger partial charge < -0.3 is 10.6 Å². The fraction of sp³-hybridized carbons (Fsp3) is 0.625. The monoisotopic (exact) mass is 295 g/mol. The van der Waals surface area contributed by atoms with Crippen LogP contribution in [0.25, 0.3) is 0 Å². The second kappa shape index (κ2) is 6.90. The van der Waals surface area contributed by atoms with E-state index < -0.39 is 0 Å². The lowest BCUT2D eigenvalue weighted by molar-refractivity contribution is 0.0893. The van der Waals surface area contributed by atoms with E-state index in [0.717, 1.165) is 11.6 Å². The van der Waals surface area contributed by atoms with Gasteiger partial charge in [0.25, 0.3) is 0 Å². The van der Waals surface area contributed by atoms with Crippen molar-refractivity contribution in [2.24, 2.45) is 5.73 Å². The molecule has 1 saturated heterocycles. The highest BCUT2D eigenvalue weighted by atomic mass is 35.5. The summed E-state index contributed by atoms with van der Waals surface area (Å²) >= 11 is 5.99. The van der Waals surface area contributed by atoms with Gasteiger partial charge >= 0.3 is 0 Å². The Balaban J connectivity index is 2.17. The van der Waals surface area contributed by atoms with Gasteiger partial charge in [0.2, 0.25) is 0 Å². The molecule has 3 atom stereocenters. The summed E-state index contributed by atoms with van der Waals surface area (Å²) in [5.41, 5.74) is 7.51. The van der Waals surface area contributed by atoms with Gasteiger partial charge in [-0.05, 0) is 58.1 Å². The molecule has 4 heteroatoms. The van der Waals surface area contributed by atoms with Crippen molar-refractivity contribution < 1.29 is 0 Å². The molecule has 112 valence electrons. The average Bonchev–Trinajstić information content (AvgIpc) is 2.41. The minimum atomic E-state index is 0.0911. The van der Waals surface area contributed by atoms with Crippen molar-refractivity contribution in [3.05, 3.63) is 34.9 Å². The normalized spacial score (nSPS) is 23.8. The summed E-state index contributed by atoms with van der Waals surface area (Å²) in [5, 5.41) is 0.775. The molecule has 1 heterocycles. The summed E-state index contributed by atoms with van der Waals surface area (Å²) in [4.78, 5) is 4.86. The SMILES string of the molecule is CC(N)C(c1ccc(Cl)cc1)N(C)C1CCCN(C)C1. The number of likely N-dealkylation sites (N-methyl/N-ethyl adjacent to an activating group) is 2. The molecule has 0 bridgehead atoms. The van der Waals surface area contributed by atoms with Crippen molar-refractivity contribution in [3.8, 4) is 0 Å². The zero-order chi connectivity index (χ0) is 14.7. The molecule has 1 aliphatic heterocycles. The van der Waals surface area contributed by atoms with Gasteiger partial charge in [-0.3, -0.25) is 4.90 Å². The second-order valence-electron chi connectivity index (χ2n) is 6.08. The van der Waals surface area contributed by atoms with Crippen LogP contribution in [-0.4, -0.2) is 49.1 Å². The van der Waals surface area contributed by atoms with Crippen LogP contribution in [0, 0.1) is 0 Å². The first-order valence-corrected chi connectivity index (χ1v) is 7.78. The number of piperidine rings is 1. The molecule has 0 aliphatic carbocycles. The highest BCUT2D eigenvalue weighted by molar-refractivity contribution is 6.30. The van der Waals surface area contributed by atoms with Gasteiger partial charge in [0, 0.05) is 29.7 Å². The van der Waals surface area contributed by atoms with Crippen molar-refractivity contribution in [2.75, 3.05) is 27.2 Å². The first-order valence-electron chi connectivity index (χ1n) is 7.40. The average molecular weight is 296 g/mol. The summed E-state index contributed by atoms with van der Waals surface area (Å²) in [6, 6.07) is 9.00. The molecule has 0 spiro atoms. The minimum absolute atomic E-state index is 0.0911. The predicted molar refractivity (Wildman–Crippen MR) is 86.1 cm³/mol. The lowest BCUT2D eigenvalue weighted by Crippen LogP contribution is -2.49. The van der Waals surface area contributed by atoms with E-state index >= 15 is 0 Å². The molecule has 1 aromatic rings. The van der Waals surface area contributed by atoms with Crippen LogP contribution in [0.1, 0.15) is 31.4 Å². The van der Waals surface area contributed by atoms with Gasteiger partial charge in [-0.25, -0.2) is 0 Å². The fourth-order valence-electron chi connectivity index (χ4n) is 3.27. The minimum Gasteiger partial charge on any atom is -0.326 e. The molecule has 1 fully saturated rings. The number of nitrogens with zero attached hydrogens (tertiary/aromatic N) is 2. The molecule has 3 nitrogen and oxygen atoms in total. The van der Waals surface area contributed by atoms with Gasteiger partial charge in [0.05, 0.1) is 0 Å². The van der Waals surface area contributed by atoms with Crippen molar-refractivity contribution in [1.82, 2.24) is 9.80 Å². The molecule has 20 heavy (non-hydrogen) atoms. The topological polar surface area (TPSA) is 32.5 Å². The van der Waals surface area contributed by atoms with E-state index in [1.165, 1.54) is 24.9 Å². The van der Waals surface area contributed by atoms with Crippen molar-refractivity contribution in [3.63, 3.8) is 0 Å². The van der Waals surface area contributed by atoms with Crippen molar-refractivity contribution >= 4 is 11.6 Å². The standard InChI is InChI=1S/C16H26ClN3/c1-12(18)16(13-6-8-14(17)9-7-13)20(3)15-5-4-10-19(2)11-15/h6-9,12,15-16H,4-5,10-11,18H2,1-3H3. The maximum Gasteiger partial charge on any atom is 0.0496 e. The lowest BCUT2D eigenvalue weighted by atomic mass is 9.95. The molecule has 1 aromatic carbocycles. The lowest BCUT2D eigenvalue weighted by Gasteiger charge is -2.41. The van der Waals surface area contributed by atoms with E-state index in [4.69, 9.17) is 17.3 Å². The summed E-state index contributed by atoms with van der Waals surface area (Å²) in [6.45, 7) is 4.41. The van der Waals surface area contributed by atoms with Crippen LogP contribution in [-0.2, 0) is 0 Å². The number of hydrogen-bond acceptors (Lipinski definition) is 3. The third-order valence-electron chi connectivity index (χ3n) is 4.32.